The van der Waals surface area contributed by atoms with Crippen LogP contribution in [0.5, 0.6) is 5.75 Å². The lowest BCUT2D eigenvalue weighted by Gasteiger charge is -2.62. The number of nitrogens with zero attached hydrogens (tertiary/aromatic N) is 4. The van der Waals surface area contributed by atoms with Crippen molar-refractivity contribution in [1.29, 1.82) is 0 Å². The highest BCUT2D eigenvalue weighted by Crippen LogP contribution is 2.57. The number of rotatable bonds is 6. The number of methoxy groups -OCH3 is 1. The minimum absolute atomic E-state index is 0.203. The fourth-order valence-corrected chi connectivity index (χ4v) is 7.45. The van der Waals surface area contributed by atoms with Crippen molar-refractivity contribution in [2.75, 3.05) is 33.3 Å². The van der Waals surface area contributed by atoms with Gasteiger partial charge in [0.1, 0.15) is 5.75 Å². The maximum Gasteiger partial charge on any atom is 0.119 e. The molecule has 3 fully saturated rings. The second-order valence-corrected chi connectivity index (χ2v) is 11.6. The lowest BCUT2D eigenvalue weighted by atomic mass is 9.52. The Morgan fingerprint density at radius 2 is 1.94 bits per heavy atom. The van der Waals surface area contributed by atoms with Crippen molar-refractivity contribution >= 4 is 0 Å². The molecule has 6 heteroatoms. The number of piperidine rings is 1. The third-order valence-corrected chi connectivity index (χ3v) is 9.52. The summed E-state index contributed by atoms with van der Waals surface area (Å²) in [7, 11) is 1.75. The SMILES string of the molecule is COc1ccc2c(c1)[C@@]13CCN(CCn4cc(C)cn4)C(C)C[C@@]1(O)[C@@H](C2)N(CC1CC1)CC3. The van der Waals surface area contributed by atoms with Crippen LogP contribution < -0.4 is 4.74 Å². The molecule has 2 aromatic rings. The molecule has 1 unspecified atom stereocenters. The molecule has 2 bridgehead atoms. The molecule has 0 spiro atoms. The van der Waals surface area contributed by atoms with E-state index in [9.17, 15) is 5.11 Å². The number of benzene rings is 1. The topological polar surface area (TPSA) is 53.8 Å². The Morgan fingerprint density at radius 1 is 1.15 bits per heavy atom. The normalized spacial score (nSPS) is 33.8. The van der Waals surface area contributed by atoms with Crippen molar-refractivity contribution in [3.63, 3.8) is 0 Å². The van der Waals surface area contributed by atoms with Crippen LogP contribution in [-0.4, -0.2) is 75.7 Å². The van der Waals surface area contributed by atoms with Gasteiger partial charge in [0, 0.05) is 36.8 Å². The van der Waals surface area contributed by atoms with E-state index in [0.717, 1.165) is 70.1 Å². The van der Waals surface area contributed by atoms with Crippen LogP contribution in [0, 0.1) is 12.8 Å². The van der Waals surface area contributed by atoms with E-state index in [1.54, 1.807) is 7.11 Å². The second-order valence-electron chi connectivity index (χ2n) is 11.6. The number of ether oxygens (including phenoxy) is 1. The summed E-state index contributed by atoms with van der Waals surface area (Å²) in [5.74, 6) is 1.75. The van der Waals surface area contributed by atoms with Crippen LogP contribution in [0.4, 0.5) is 0 Å². The molecule has 6 nitrogen and oxygen atoms in total. The summed E-state index contributed by atoms with van der Waals surface area (Å²) in [6, 6.07) is 7.17. The lowest BCUT2D eigenvalue weighted by Crippen LogP contribution is -2.71. The van der Waals surface area contributed by atoms with Gasteiger partial charge in [-0.2, -0.15) is 5.10 Å². The summed E-state index contributed by atoms with van der Waals surface area (Å²) in [5.41, 5.74) is 3.07. The second kappa shape index (κ2) is 8.35. The third kappa shape index (κ3) is 3.61. The van der Waals surface area contributed by atoms with Gasteiger partial charge in [-0.1, -0.05) is 6.07 Å². The minimum Gasteiger partial charge on any atom is -0.497 e. The van der Waals surface area contributed by atoms with Gasteiger partial charge in [-0.25, -0.2) is 0 Å². The smallest absolute Gasteiger partial charge is 0.119 e. The Bertz CT molecular complexity index is 1050. The van der Waals surface area contributed by atoms with Crippen LogP contribution >= 0.6 is 0 Å². The summed E-state index contributed by atoms with van der Waals surface area (Å²) in [6.45, 7) is 9.55. The van der Waals surface area contributed by atoms with Gasteiger partial charge in [-0.15, -0.1) is 0 Å². The molecule has 34 heavy (non-hydrogen) atoms. The first-order valence-electron chi connectivity index (χ1n) is 13.3. The van der Waals surface area contributed by atoms with Gasteiger partial charge in [0.2, 0.25) is 0 Å². The van der Waals surface area contributed by atoms with Crippen molar-refractivity contribution in [1.82, 2.24) is 19.6 Å². The average Bonchev–Trinajstić information content (AvgIpc) is 3.56. The van der Waals surface area contributed by atoms with Gasteiger partial charge in [0.25, 0.3) is 0 Å². The zero-order chi connectivity index (χ0) is 23.5. The van der Waals surface area contributed by atoms with Crippen molar-refractivity contribution in [3.8, 4) is 5.75 Å². The first kappa shape index (κ1) is 22.6. The Labute approximate surface area is 203 Å². The van der Waals surface area contributed by atoms with Crippen molar-refractivity contribution in [3.05, 3.63) is 47.3 Å². The molecule has 0 radical (unpaired) electrons. The first-order chi connectivity index (χ1) is 16.4. The number of hydrogen-bond donors (Lipinski definition) is 1. The van der Waals surface area contributed by atoms with E-state index in [2.05, 4.69) is 57.8 Å². The Morgan fingerprint density at radius 3 is 2.65 bits per heavy atom. The summed E-state index contributed by atoms with van der Waals surface area (Å²) >= 11 is 0. The highest BCUT2D eigenvalue weighted by Gasteiger charge is 2.64. The van der Waals surface area contributed by atoms with Gasteiger partial charge in [-0.05, 0) is 100 Å². The van der Waals surface area contributed by atoms with Crippen LogP contribution in [0.2, 0.25) is 0 Å². The van der Waals surface area contributed by atoms with Crippen molar-refractivity contribution in [2.45, 2.75) is 82.0 Å². The number of hydrogen-bond acceptors (Lipinski definition) is 5. The number of fused-ring (bicyclic) bond motifs is 1. The molecule has 4 aliphatic rings. The van der Waals surface area contributed by atoms with Crippen LogP contribution in [0.25, 0.3) is 0 Å². The Balaban J connectivity index is 1.35. The fraction of sp³-hybridized carbons (Fsp3) is 0.679. The summed E-state index contributed by atoms with van der Waals surface area (Å²) in [6.07, 6.45) is 10.6. The molecule has 1 aromatic carbocycles. The van der Waals surface area contributed by atoms with Gasteiger partial charge >= 0.3 is 0 Å². The standard InChI is InChI=1S/C28H40N4O2/c1-20-17-29-32(18-20)13-12-30-10-8-27-9-11-31(19-22-4-5-22)26(28(27,33)16-21(30)2)14-23-6-7-24(34-3)15-25(23)27/h6-7,15,17-18,21-22,26,33H,4-5,8-14,16,19H2,1-3H3/t21?,26-,27+,28-/m1/s1. The fourth-order valence-electron chi connectivity index (χ4n) is 7.45. The number of aromatic nitrogens is 2. The van der Waals surface area contributed by atoms with E-state index in [1.807, 2.05) is 6.20 Å². The molecule has 2 saturated heterocycles. The number of aliphatic hydroxyl groups is 1. The molecule has 1 saturated carbocycles. The summed E-state index contributed by atoms with van der Waals surface area (Å²) in [5, 5.41) is 17.3. The zero-order valence-electron chi connectivity index (χ0n) is 21.0. The van der Waals surface area contributed by atoms with E-state index in [-0.39, 0.29) is 11.5 Å². The van der Waals surface area contributed by atoms with Gasteiger partial charge in [-0.3, -0.25) is 14.5 Å². The van der Waals surface area contributed by atoms with E-state index >= 15 is 0 Å². The number of likely N-dealkylation sites (tertiary alicyclic amines) is 2. The molecule has 184 valence electrons. The average molecular weight is 465 g/mol. The predicted octanol–water partition coefficient (Wildman–Crippen LogP) is 3.39. The van der Waals surface area contributed by atoms with Crippen molar-refractivity contribution in [2.24, 2.45) is 5.92 Å². The molecule has 6 rings (SSSR count). The lowest BCUT2D eigenvalue weighted by molar-refractivity contribution is -0.152. The van der Waals surface area contributed by atoms with E-state index in [0.29, 0.717) is 6.04 Å². The van der Waals surface area contributed by atoms with Gasteiger partial charge in [0.05, 0.1) is 25.5 Å². The third-order valence-electron chi connectivity index (χ3n) is 9.52. The Hall–Kier alpha value is -1.89. The van der Waals surface area contributed by atoms with Gasteiger partial charge in [0.15, 0.2) is 0 Å². The highest BCUT2D eigenvalue weighted by molar-refractivity contribution is 5.48. The van der Waals surface area contributed by atoms with Crippen LogP contribution in [0.1, 0.15) is 55.7 Å². The van der Waals surface area contributed by atoms with Crippen LogP contribution in [0.3, 0.4) is 0 Å². The maximum atomic E-state index is 12.8. The first-order valence-corrected chi connectivity index (χ1v) is 13.3. The molecule has 4 atom stereocenters. The zero-order valence-corrected chi connectivity index (χ0v) is 21.0. The van der Waals surface area contributed by atoms with Crippen molar-refractivity contribution < 1.29 is 9.84 Å². The molecule has 0 amide bonds. The van der Waals surface area contributed by atoms with E-state index < -0.39 is 5.60 Å². The maximum absolute atomic E-state index is 12.8. The molecule has 2 aliphatic heterocycles. The quantitative estimate of drug-likeness (QED) is 0.710. The van der Waals surface area contributed by atoms with Crippen LogP contribution in [-0.2, 0) is 18.4 Å². The summed E-state index contributed by atoms with van der Waals surface area (Å²) in [4.78, 5) is 5.26. The predicted molar refractivity (Wildman–Crippen MR) is 133 cm³/mol. The van der Waals surface area contributed by atoms with E-state index in [1.165, 1.54) is 29.5 Å². The minimum atomic E-state index is -0.712. The summed E-state index contributed by atoms with van der Waals surface area (Å²) < 4.78 is 7.72. The monoisotopic (exact) mass is 464 g/mol. The molecule has 2 aliphatic carbocycles. The molecular weight excluding hydrogens is 424 g/mol. The van der Waals surface area contributed by atoms with Gasteiger partial charge < -0.3 is 9.84 Å². The molecule has 3 heterocycles. The largest absolute Gasteiger partial charge is 0.497 e. The molecule has 1 N–H and O–H groups in total. The Kier molecular flexibility index (Phi) is 5.54. The number of aryl methyl sites for hydroxylation is 1. The molecular formula is C28H40N4O2. The van der Waals surface area contributed by atoms with E-state index in [4.69, 9.17) is 4.74 Å². The molecule has 1 aromatic heterocycles. The highest BCUT2D eigenvalue weighted by atomic mass is 16.5. The van der Waals surface area contributed by atoms with Crippen LogP contribution in [0.15, 0.2) is 30.6 Å².